The third kappa shape index (κ3) is 7.24. The van der Waals surface area contributed by atoms with E-state index >= 15 is 0 Å². The second kappa shape index (κ2) is 10.1. The molecule has 0 aromatic carbocycles. The number of hydrogen-bond donors (Lipinski definition) is 1. The molecule has 0 spiro atoms. The third-order valence-electron chi connectivity index (χ3n) is 3.51. The smallest absolute Gasteiger partial charge is 0.0590 e. The highest BCUT2D eigenvalue weighted by Crippen LogP contribution is 2.28. The van der Waals surface area contributed by atoms with E-state index in [2.05, 4.69) is 12.2 Å². The highest BCUT2D eigenvalue weighted by atomic mass is 16.5. The van der Waals surface area contributed by atoms with Gasteiger partial charge in [0.2, 0.25) is 0 Å². The summed E-state index contributed by atoms with van der Waals surface area (Å²) >= 11 is 0. The van der Waals surface area contributed by atoms with Crippen LogP contribution in [0.25, 0.3) is 0 Å². The van der Waals surface area contributed by atoms with Gasteiger partial charge in [-0.05, 0) is 31.7 Å². The second-order valence-corrected chi connectivity index (χ2v) is 5.01. The molecule has 0 amide bonds. The summed E-state index contributed by atoms with van der Waals surface area (Å²) in [6.45, 7) is 6.20. The van der Waals surface area contributed by atoms with Gasteiger partial charge in [0.05, 0.1) is 6.61 Å². The maximum Gasteiger partial charge on any atom is 0.0590 e. The van der Waals surface area contributed by atoms with Gasteiger partial charge in [-0.2, -0.15) is 0 Å². The summed E-state index contributed by atoms with van der Waals surface area (Å²) in [6.07, 6.45) is 11.1. The molecule has 96 valence electrons. The van der Waals surface area contributed by atoms with Gasteiger partial charge in [0.15, 0.2) is 0 Å². The molecule has 0 aromatic heterocycles. The van der Waals surface area contributed by atoms with Crippen LogP contribution in [0.15, 0.2) is 0 Å². The van der Waals surface area contributed by atoms with Crippen molar-refractivity contribution >= 4 is 0 Å². The topological polar surface area (TPSA) is 21.3 Å². The van der Waals surface area contributed by atoms with Crippen LogP contribution in [0.4, 0.5) is 0 Å². The zero-order valence-corrected chi connectivity index (χ0v) is 11.0. The van der Waals surface area contributed by atoms with Gasteiger partial charge in [0.1, 0.15) is 0 Å². The van der Waals surface area contributed by atoms with Crippen molar-refractivity contribution in [2.24, 2.45) is 5.92 Å². The predicted molar refractivity (Wildman–Crippen MR) is 69.8 cm³/mol. The Balaban J connectivity index is 1.71. The fourth-order valence-corrected chi connectivity index (χ4v) is 2.43. The van der Waals surface area contributed by atoms with E-state index in [4.69, 9.17) is 4.74 Å². The fraction of sp³-hybridized carbons (Fsp3) is 1.00. The predicted octanol–water partition coefficient (Wildman–Crippen LogP) is 3.36. The highest BCUT2D eigenvalue weighted by Gasteiger charge is 2.13. The van der Waals surface area contributed by atoms with E-state index in [1.54, 1.807) is 0 Å². The van der Waals surface area contributed by atoms with Crippen LogP contribution < -0.4 is 5.32 Å². The minimum absolute atomic E-state index is 0.878. The Labute approximate surface area is 101 Å². The molecule has 0 bridgehead atoms. The number of ether oxygens (including phenoxy) is 1. The Morgan fingerprint density at radius 2 is 1.88 bits per heavy atom. The summed E-state index contributed by atoms with van der Waals surface area (Å²) in [4.78, 5) is 0. The van der Waals surface area contributed by atoms with Gasteiger partial charge in [0.25, 0.3) is 0 Å². The van der Waals surface area contributed by atoms with Crippen LogP contribution in [0.5, 0.6) is 0 Å². The Morgan fingerprint density at radius 1 is 1.06 bits per heavy atom. The molecule has 1 rings (SSSR count). The van der Waals surface area contributed by atoms with Crippen LogP contribution in [0, 0.1) is 5.92 Å². The lowest BCUT2D eigenvalue weighted by molar-refractivity contribution is 0.133. The first-order valence-electron chi connectivity index (χ1n) is 7.22. The van der Waals surface area contributed by atoms with Gasteiger partial charge in [-0.1, -0.05) is 39.0 Å². The molecule has 0 saturated heterocycles. The fourth-order valence-electron chi connectivity index (χ4n) is 2.43. The standard InChI is InChI=1S/C14H29NO/c1-2-3-12-16-13-11-15-10-6-9-14-7-4-5-8-14/h14-15H,2-13H2,1H3. The lowest BCUT2D eigenvalue weighted by Gasteiger charge is -2.09. The highest BCUT2D eigenvalue weighted by molar-refractivity contribution is 4.67. The lowest BCUT2D eigenvalue weighted by atomic mass is 10.0. The molecule has 0 aromatic rings. The minimum atomic E-state index is 0.878. The third-order valence-corrected chi connectivity index (χ3v) is 3.51. The van der Waals surface area contributed by atoms with E-state index in [0.29, 0.717) is 0 Å². The maximum atomic E-state index is 5.49. The molecule has 2 nitrogen and oxygen atoms in total. The first kappa shape index (κ1) is 14.0. The molecule has 0 heterocycles. The second-order valence-electron chi connectivity index (χ2n) is 5.01. The molecule has 16 heavy (non-hydrogen) atoms. The molecule has 0 radical (unpaired) electrons. The number of hydrogen-bond acceptors (Lipinski definition) is 2. The summed E-state index contributed by atoms with van der Waals surface area (Å²) in [5.41, 5.74) is 0. The van der Waals surface area contributed by atoms with Crippen LogP contribution in [0.2, 0.25) is 0 Å². The normalized spacial score (nSPS) is 17.1. The Morgan fingerprint density at radius 3 is 2.62 bits per heavy atom. The van der Waals surface area contributed by atoms with Crippen LogP contribution in [0.1, 0.15) is 58.3 Å². The Hall–Kier alpha value is -0.0800. The van der Waals surface area contributed by atoms with Crippen LogP contribution in [-0.2, 0) is 4.74 Å². The molecule has 1 aliphatic rings. The van der Waals surface area contributed by atoms with Gasteiger partial charge < -0.3 is 10.1 Å². The summed E-state index contributed by atoms with van der Waals surface area (Å²) in [7, 11) is 0. The van der Waals surface area contributed by atoms with Gasteiger partial charge in [-0.3, -0.25) is 0 Å². The van der Waals surface area contributed by atoms with Gasteiger partial charge in [0, 0.05) is 13.2 Å². The number of unbranched alkanes of at least 4 members (excludes halogenated alkanes) is 1. The van der Waals surface area contributed by atoms with E-state index in [1.807, 2.05) is 0 Å². The van der Waals surface area contributed by atoms with Crippen molar-refractivity contribution in [2.45, 2.75) is 58.3 Å². The van der Waals surface area contributed by atoms with Crippen LogP contribution in [0.3, 0.4) is 0 Å². The molecule has 2 heteroatoms. The first-order valence-corrected chi connectivity index (χ1v) is 7.22. The van der Waals surface area contributed by atoms with E-state index in [9.17, 15) is 0 Å². The van der Waals surface area contributed by atoms with Crippen molar-refractivity contribution in [3.63, 3.8) is 0 Å². The average molecular weight is 227 g/mol. The maximum absolute atomic E-state index is 5.49. The average Bonchev–Trinajstić information content (AvgIpc) is 2.80. The SMILES string of the molecule is CCCCOCCNCCCC1CCCC1. The molecular weight excluding hydrogens is 198 g/mol. The molecule has 0 aliphatic heterocycles. The van der Waals surface area contributed by atoms with E-state index in [-0.39, 0.29) is 0 Å². The Bertz CT molecular complexity index is 144. The van der Waals surface area contributed by atoms with E-state index < -0.39 is 0 Å². The van der Waals surface area contributed by atoms with Gasteiger partial charge in [-0.15, -0.1) is 0 Å². The largest absolute Gasteiger partial charge is 0.380 e. The molecule has 1 fully saturated rings. The van der Waals surface area contributed by atoms with Crippen LogP contribution in [-0.4, -0.2) is 26.3 Å². The molecule has 0 atom stereocenters. The summed E-state index contributed by atoms with van der Waals surface area (Å²) in [5.74, 6) is 1.04. The monoisotopic (exact) mass is 227 g/mol. The van der Waals surface area contributed by atoms with Crippen molar-refractivity contribution in [3.8, 4) is 0 Å². The molecule has 1 aliphatic carbocycles. The molecule has 1 N–H and O–H groups in total. The number of rotatable bonds is 10. The van der Waals surface area contributed by atoms with Gasteiger partial charge in [-0.25, -0.2) is 0 Å². The van der Waals surface area contributed by atoms with E-state index in [0.717, 1.165) is 25.7 Å². The number of nitrogens with one attached hydrogen (secondary N) is 1. The minimum Gasteiger partial charge on any atom is -0.380 e. The lowest BCUT2D eigenvalue weighted by Crippen LogP contribution is -2.21. The van der Waals surface area contributed by atoms with Crippen molar-refractivity contribution in [2.75, 3.05) is 26.3 Å². The molecule has 1 saturated carbocycles. The van der Waals surface area contributed by atoms with Crippen molar-refractivity contribution in [1.82, 2.24) is 5.32 Å². The molecular formula is C14H29NO. The van der Waals surface area contributed by atoms with Crippen molar-refractivity contribution < 1.29 is 4.74 Å². The van der Waals surface area contributed by atoms with Crippen molar-refractivity contribution in [3.05, 3.63) is 0 Å². The quantitative estimate of drug-likeness (QED) is 0.578. The Kier molecular flexibility index (Phi) is 8.83. The molecule has 0 unspecified atom stereocenters. The zero-order chi connectivity index (χ0) is 11.5. The van der Waals surface area contributed by atoms with Crippen LogP contribution >= 0.6 is 0 Å². The van der Waals surface area contributed by atoms with Gasteiger partial charge >= 0.3 is 0 Å². The van der Waals surface area contributed by atoms with Crippen molar-refractivity contribution in [1.29, 1.82) is 0 Å². The zero-order valence-electron chi connectivity index (χ0n) is 11.0. The summed E-state index contributed by atoms with van der Waals surface area (Å²) < 4.78 is 5.49. The van der Waals surface area contributed by atoms with E-state index in [1.165, 1.54) is 57.9 Å². The summed E-state index contributed by atoms with van der Waals surface area (Å²) in [6, 6.07) is 0. The first-order chi connectivity index (χ1) is 7.93. The summed E-state index contributed by atoms with van der Waals surface area (Å²) in [5, 5.41) is 3.46.